The summed E-state index contributed by atoms with van der Waals surface area (Å²) in [5.74, 6) is -0.490. The van der Waals surface area contributed by atoms with E-state index >= 15 is 0 Å². The molecule has 2 aromatic carbocycles. The highest BCUT2D eigenvalue weighted by Gasteiger charge is 2.54. The minimum absolute atomic E-state index is 0.0430. The average Bonchev–Trinajstić information content (AvgIpc) is 3.08. The maximum absolute atomic E-state index is 13.6. The molecule has 1 atom stereocenters. The average molecular weight is 377 g/mol. The zero-order valence-electron chi connectivity index (χ0n) is 15.5. The van der Waals surface area contributed by atoms with Crippen LogP contribution < -0.4 is 0 Å². The molecule has 0 radical (unpaired) electrons. The molecule has 2 aliphatic heterocycles. The number of H-pyrrole nitrogens is 1. The lowest BCUT2D eigenvalue weighted by molar-refractivity contribution is -0.166. The van der Waals surface area contributed by atoms with E-state index in [1.165, 1.54) is 12.1 Å². The van der Waals surface area contributed by atoms with Crippen molar-refractivity contribution in [2.45, 2.75) is 25.4 Å². The highest BCUT2D eigenvalue weighted by Crippen LogP contribution is 2.42. The van der Waals surface area contributed by atoms with Crippen LogP contribution in [0.25, 0.3) is 10.9 Å². The van der Waals surface area contributed by atoms with Crippen molar-refractivity contribution >= 4 is 22.7 Å². The van der Waals surface area contributed by atoms with Gasteiger partial charge in [0.25, 0.3) is 5.91 Å². The normalized spacial score (nSPS) is 21.8. The van der Waals surface area contributed by atoms with Crippen LogP contribution in [0.2, 0.25) is 0 Å². The van der Waals surface area contributed by atoms with Crippen LogP contribution in [0.1, 0.15) is 23.7 Å². The SMILES string of the molecule is CC12C(=O)N(Cc3ccc(F)cc3)CC(=O)N1CCc1c2[nH]c2ccccc12. The second-order valence-electron chi connectivity index (χ2n) is 7.68. The summed E-state index contributed by atoms with van der Waals surface area (Å²) in [5.41, 5.74) is 2.64. The number of fused-ring (bicyclic) bond motifs is 5. The van der Waals surface area contributed by atoms with Crippen LogP contribution in [0.15, 0.2) is 48.5 Å². The van der Waals surface area contributed by atoms with Crippen LogP contribution in [-0.2, 0) is 28.1 Å². The third kappa shape index (κ3) is 2.30. The van der Waals surface area contributed by atoms with Crippen molar-refractivity contribution in [2.75, 3.05) is 13.1 Å². The van der Waals surface area contributed by atoms with Crippen LogP contribution in [-0.4, -0.2) is 39.7 Å². The Morgan fingerprint density at radius 1 is 1.11 bits per heavy atom. The number of nitrogens with one attached hydrogen (secondary N) is 1. The third-order valence-corrected chi connectivity index (χ3v) is 6.04. The van der Waals surface area contributed by atoms with Gasteiger partial charge in [-0.3, -0.25) is 9.59 Å². The summed E-state index contributed by atoms with van der Waals surface area (Å²) in [6.45, 7) is 2.68. The quantitative estimate of drug-likeness (QED) is 0.747. The predicted molar refractivity (Wildman–Crippen MR) is 103 cm³/mol. The number of carbonyl (C=O) groups excluding carboxylic acids is 2. The van der Waals surface area contributed by atoms with E-state index in [9.17, 15) is 14.0 Å². The molecule has 1 unspecified atom stereocenters. The van der Waals surface area contributed by atoms with E-state index in [-0.39, 0.29) is 30.7 Å². The molecule has 5 nitrogen and oxygen atoms in total. The third-order valence-electron chi connectivity index (χ3n) is 6.04. The lowest BCUT2D eigenvalue weighted by Crippen LogP contribution is -2.66. The number of aromatic amines is 1. The maximum atomic E-state index is 13.6. The van der Waals surface area contributed by atoms with Crippen LogP contribution >= 0.6 is 0 Å². The first-order chi connectivity index (χ1) is 13.5. The number of benzene rings is 2. The van der Waals surface area contributed by atoms with Gasteiger partial charge in [0.05, 0.1) is 5.69 Å². The number of rotatable bonds is 2. The topological polar surface area (TPSA) is 56.4 Å². The fourth-order valence-corrected chi connectivity index (χ4v) is 4.62. The second kappa shape index (κ2) is 5.92. The number of nitrogens with zero attached hydrogens (tertiary/aromatic N) is 2. The smallest absolute Gasteiger partial charge is 0.255 e. The fourth-order valence-electron chi connectivity index (χ4n) is 4.62. The van der Waals surface area contributed by atoms with E-state index in [4.69, 9.17) is 0 Å². The molecule has 0 bridgehead atoms. The van der Waals surface area contributed by atoms with Crippen molar-refractivity contribution in [3.05, 3.63) is 71.2 Å². The predicted octanol–water partition coefficient (Wildman–Crippen LogP) is 2.95. The Morgan fingerprint density at radius 2 is 1.86 bits per heavy atom. The summed E-state index contributed by atoms with van der Waals surface area (Å²) in [5, 5.41) is 1.11. The van der Waals surface area contributed by atoms with Gasteiger partial charge in [0.2, 0.25) is 5.91 Å². The molecule has 1 aromatic heterocycles. The molecule has 5 rings (SSSR count). The molecule has 2 aliphatic rings. The van der Waals surface area contributed by atoms with Crippen molar-refractivity contribution in [3.8, 4) is 0 Å². The number of amides is 2. The van der Waals surface area contributed by atoms with Crippen molar-refractivity contribution in [2.24, 2.45) is 0 Å². The van der Waals surface area contributed by atoms with Crippen LogP contribution in [0.5, 0.6) is 0 Å². The van der Waals surface area contributed by atoms with Crippen molar-refractivity contribution < 1.29 is 14.0 Å². The van der Waals surface area contributed by atoms with Crippen molar-refractivity contribution in [3.63, 3.8) is 0 Å². The van der Waals surface area contributed by atoms with Gasteiger partial charge >= 0.3 is 0 Å². The number of para-hydroxylation sites is 1. The van der Waals surface area contributed by atoms with E-state index in [2.05, 4.69) is 11.1 Å². The first kappa shape index (κ1) is 17.0. The van der Waals surface area contributed by atoms with Crippen LogP contribution in [0, 0.1) is 5.82 Å². The first-order valence-electron chi connectivity index (χ1n) is 9.43. The Kier molecular flexibility index (Phi) is 3.59. The molecular formula is C22H20FN3O2. The lowest BCUT2D eigenvalue weighted by atomic mass is 9.83. The Bertz CT molecular complexity index is 1100. The number of piperazine rings is 1. The molecule has 1 saturated heterocycles. The Balaban J connectivity index is 1.58. The summed E-state index contributed by atoms with van der Waals surface area (Å²) < 4.78 is 13.2. The van der Waals surface area contributed by atoms with Gasteiger partial charge in [-0.1, -0.05) is 30.3 Å². The van der Waals surface area contributed by atoms with Gasteiger partial charge in [0.15, 0.2) is 5.54 Å². The van der Waals surface area contributed by atoms with Crippen LogP contribution in [0.3, 0.4) is 0 Å². The number of hydrogen-bond donors (Lipinski definition) is 1. The standard InChI is InChI=1S/C22H20FN3O2/c1-22-20-17(16-4-2-3-5-18(16)24-20)10-11-26(22)19(27)13-25(21(22)28)12-14-6-8-15(23)9-7-14/h2-9,24H,10-13H2,1H3. The summed E-state index contributed by atoms with van der Waals surface area (Å²) in [6, 6.07) is 14.0. The zero-order chi connectivity index (χ0) is 19.5. The second-order valence-corrected chi connectivity index (χ2v) is 7.68. The maximum Gasteiger partial charge on any atom is 0.255 e. The lowest BCUT2D eigenvalue weighted by Gasteiger charge is -2.49. The molecule has 0 spiro atoms. The van der Waals surface area contributed by atoms with Crippen molar-refractivity contribution in [1.82, 2.24) is 14.8 Å². The molecule has 1 N–H and O–H groups in total. The van der Waals surface area contributed by atoms with Gasteiger partial charge < -0.3 is 14.8 Å². The highest BCUT2D eigenvalue weighted by atomic mass is 19.1. The molecule has 0 saturated carbocycles. The highest BCUT2D eigenvalue weighted by molar-refractivity contribution is 6.00. The van der Waals surface area contributed by atoms with E-state index in [1.807, 2.05) is 25.1 Å². The van der Waals surface area contributed by atoms with Gasteiger partial charge in [-0.15, -0.1) is 0 Å². The monoisotopic (exact) mass is 377 g/mol. The van der Waals surface area contributed by atoms with Crippen molar-refractivity contribution in [1.29, 1.82) is 0 Å². The molecule has 6 heteroatoms. The largest absolute Gasteiger partial charge is 0.356 e. The fraction of sp³-hybridized carbons (Fsp3) is 0.273. The number of halogens is 1. The summed E-state index contributed by atoms with van der Waals surface area (Å²) in [7, 11) is 0. The number of hydrogen-bond acceptors (Lipinski definition) is 2. The minimum Gasteiger partial charge on any atom is -0.356 e. The first-order valence-corrected chi connectivity index (χ1v) is 9.43. The van der Waals surface area contributed by atoms with Gasteiger partial charge in [0, 0.05) is 24.0 Å². The van der Waals surface area contributed by atoms with E-state index in [0.29, 0.717) is 6.54 Å². The molecule has 3 heterocycles. The zero-order valence-corrected chi connectivity index (χ0v) is 15.5. The molecule has 3 aromatic rings. The summed E-state index contributed by atoms with van der Waals surface area (Å²) in [4.78, 5) is 33.2. The van der Waals surface area contributed by atoms with Gasteiger partial charge in [-0.25, -0.2) is 4.39 Å². The summed E-state index contributed by atoms with van der Waals surface area (Å²) >= 11 is 0. The van der Waals surface area contributed by atoms with E-state index in [0.717, 1.165) is 34.1 Å². The van der Waals surface area contributed by atoms with Gasteiger partial charge in [-0.05, 0) is 42.7 Å². The van der Waals surface area contributed by atoms with Crippen LogP contribution in [0.4, 0.5) is 4.39 Å². The molecule has 1 fully saturated rings. The van der Waals surface area contributed by atoms with E-state index < -0.39 is 5.54 Å². The molecule has 28 heavy (non-hydrogen) atoms. The molecule has 2 amide bonds. The van der Waals surface area contributed by atoms with Gasteiger partial charge in [0.1, 0.15) is 12.4 Å². The van der Waals surface area contributed by atoms with Gasteiger partial charge in [-0.2, -0.15) is 0 Å². The Hall–Kier alpha value is -3.15. The molecular weight excluding hydrogens is 357 g/mol. The number of carbonyl (C=O) groups is 2. The Labute approximate surface area is 161 Å². The molecule has 142 valence electrons. The Morgan fingerprint density at radius 3 is 2.64 bits per heavy atom. The number of aromatic nitrogens is 1. The minimum atomic E-state index is -1.05. The van der Waals surface area contributed by atoms with E-state index in [1.54, 1.807) is 21.9 Å². The summed E-state index contributed by atoms with van der Waals surface area (Å²) in [6.07, 6.45) is 0.728. The molecule has 0 aliphatic carbocycles.